The van der Waals surface area contributed by atoms with Crippen molar-refractivity contribution >= 4 is 51.5 Å². The highest BCUT2D eigenvalue weighted by molar-refractivity contribution is 6.08. The Morgan fingerprint density at radius 2 is 0.905 bits per heavy atom. The van der Waals surface area contributed by atoms with E-state index in [1.807, 2.05) is 12.1 Å². The summed E-state index contributed by atoms with van der Waals surface area (Å²) in [6.45, 7) is 13.2. The summed E-state index contributed by atoms with van der Waals surface area (Å²) < 4.78 is 57.0. The van der Waals surface area contributed by atoms with E-state index in [0.29, 0.717) is 86.0 Å². The van der Waals surface area contributed by atoms with Crippen LogP contribution in [0.2, 0.25) is 0 Å². The van der Waals surface area contributed by atoms with Gasteiger partial charge < -0.3 is 47.4 Å². The van der Waals surface area contributed by atoms with Crippen LogP contribution in [0.1, 0.15) is 103 Å². The first-order valence-corrected chi connectivity index (χ1v) is 26.0. The molecule has 0 atom stereocenters. The summed E-state index contributed by atoms with van der Waals surface area (Å²) in [5.41, 5.74) is 0.544. The number of hydrogen-bond acceptors (Lipinski definition) is 16. The molecular formula is C58H71NO15. The molecule has 0 saturated heterocycles. The van der Waals surface area contributed by atoms with Crippen LogP contribution in [-0.2, 0) is 52.4 Å². The van der Waals surface area contributed by atoms with Gasteiger partial charge in [-0.05, 0) is 150 Å². The molecule has 0 N–H and O–H groups in total. The molecule has 3 aromatic carbocycles. The van der Waals surface area contributed by atoms with E-state index in [2.05, 4.69) is 19.7 Å². The van der Waals surface area contributed by atoms with E-state index < -0.39 is 17.9 Å². The molecule has 0 unspecified atom stereocenters. The molecule has 1 aromatic heterocycles. The van der Waals surface area contributed by atoms with Gasteiger partial charge in [0.2, 0.25) is 5.88 Å². The largest absolute Gasteiger partial charge is 0.491 e. The average molecular weight is 1020 g/mol. The molecule has 4 aromatic rings. The lowest BCUT2D eigenvalue weighted by Crippen LogP contribution is -2.29. The summed E-state index contributed by atoms with van der Waals surface area (Å²) >= 11 is 0. The highest BCUT2D eigenvalue weighted by atomic mass is 16.6. The second kappa shape index (κ2) is 31.2. The lowest BCUT2D eigenvalue weighted by molar-refractivity contribution is -0.142. The number of nitrogens with zero attached hydrogens (tertiary/aromatic N) is 1. The van der Waals surface area contributed by atoms with Crippen LogP contribution in [0, 0.1) is 11.8 Å². The Morgan fingerprint density at radius 1 is 0.459 bits per heavy atom. The third-order valence-corrected chi connectivity index (χ3v) is 12.9. The van der Waals surface area contributed by atoms with Gasteiger partial charge in [0.05, 0.1) is 56.0 Å². The summed E-state index contributed by atoms with van der Waals surface area (Å²) in [7, 11) is 0. The maximum absolute atomic E-state index is 13.6. The Bertz CT molecular complexity index is 2470. The van der Waals surface area contributed by atoms with Crippen LogP contribution in [0.4, 0.5) is 0 Å². The Balaban J connectivity index is 1.05. The molecule has 0 aliphatic heterocycles. The minimum Gasteiger partial charge on any atom is -0.491 e. The van der Waals surface area contributed by atoms with Gasteiger partial charge in [-0.15, -0.1) is 0 Å². The molecule has 16 heteroatoms. The van der Waals surface area contributed by atoms with Crippen LogP contribution in [0.3, 0.4) is 0 Å². The zero-order valence-electron chi connectivity index (χ0n) is 42.5. The van der Waals surface area contributed by atoms with Gasteiger partial charge in [0.25, 0.3) is 0 Å². The number of benzene rings is 3. The number of pyridine rings is 1. The maximum Gasteiger partial charge on any atom is 0.330 e. The molecule has 2 saturated carbocycles. The molecule has 1 heterocycles. The minimum absolute atomic E-state index is 0.0979. The number of aromatic nitrogens is 1. The molecule has 0 amide bonds. The van der Waals surface area contributed by atoms with Crippen molar-refractivity contribution in [2.24, 2.45) is 11.8 Å². The van der Waals surface area contributed by atoms with Crippen LogP contribution in [0.5, 0.6) is 28.9 Å². The monoisotopic (exact) mass is 1020 g/mol. The molecule has 6 rings (SSSR count). The third kappa shape index (κ3) is 19.0. The van der Waals surface area contributed by atoms with Gasteiger partial charge in [-0.3, -0.25) is 9.59 Å². The predicted molar refractivity (Wildman–Crippen MR) is 277 cm³/mol. The van der Waals surface area contributed by atoms with E-state index in [4.69, 9.17) is 52.4 Å². The van der Waals surface area contributed by atoms with Crippen LogP contribution >= 0.6 is 0 Å². The van der Waals surface area contributed by atoms with Crippen molar-refractivity contribution in [3.8, 4) is 28.9 Å². The van der Waals surface area contributed by atoms with Gasteiger partial charge >= 0.3 is 29.8 Å². The number of ether oxygens (including phenoxy) is 10. The fourth-order valence-corrected chi connectivity index (χ4v) is 8.85. The fraction of sp³-hybridized carbons (Fsp3) is 0.483. The molecule has 0 spiro atoms. The van der Waals surface area contributed by atoms with E-state index in [1.54, 1.807) is 48.5 Å². The first-order chi connectivity index (χ1) is 36.1. The fourth-order valence-electron chi connectivity index (χ4n) is 8.85. The van der Waals surface area contributed by atoms with E-state index in [-0.39, 0.29) is 68.3 Å². The van der Waals surface area contributed by atoms with Gasteiger partial charge in [0.1, 0.15) is 36.2 Å². The third-order valence-electron chi connectivity index (χ3n) is 12.9. The Morgan fingerprint density at radius 3 is 1.43 bits per heavy atom. The van der Waals surface area contributed by atoms with E-state index >= 15 is 0 Å². The molecule has 74 heavy (non-hydrogen) atoms. The summed E-state index contributed by atoms with van der Waals surface area (Å²) in [4.78, 5) is 65.6. The number of rotatable bonds is 32. The smallest absolute Gasteiger partial charge is 0.330 e. The molecular weight excluding hydrogens is 951 g/mol. The highest BCUT2D eigenvalue weighted by Gasteiger charge is 2.30. The number of carbonyl (C=O) groups is 5. The van der Waals surface area contributed by atoms with Crippen molar-refractivity contribution in [2.75, 3.05) is 52.9 Å². The molecule has 2 aliphatic rings. The SMILES string of the molecule is C=CC(=O)OCCCCCCOC1CCC(C(=O)Oc2ccc3c(c2)nc(Oc2ccc(OCCOCCOC(=O)C=C)cc2)c2cc(OC(=O)C4CCC(OCCCCCCOC(=O)C=C)CC4)ccc23)CC1. The molecule has 0 bridgehead atoms. The van der Waals surface area contributed by atoms with Gasteiger partial charge in [0, 0.05) is 48.3 Å². The van der Waals surface area contributed by atoms with E-state index in [1.165, 1.54) is 12.2 Å². The van der Waals surface area contributed by atoms with E-state index in [9.17, 15) is 24.0 Å². The molecule has 0 radical (unpaired) electrons. The summed E-state index contributed by atoms with van der Waals surface area (Å²) in [5, 5.41) is 2.20. The Kier molecular flexibility index (Phi) is 23.9. The Hall–Kier alpha value is -6.62. The van der Waals surface area contributed by atoms with Crippen molar-refractivity contribution in [3.05, 3.63) is 98.6 Å². The second-order valence-electron chi connectivity index (χ2n) is 18.3. The zero-order valence-corrected chi connectivity index (χ0v) is 42.5. The molecule has 16 nitrogen and oxygen atoms in total. The van der Waals surface area contributed by atoms with Crippen LogP contribution in [0.15, 0.2) is 98.6 Å². The quantitative estimate of drug-likeness (QED) is 0.0112. The first-order valence-electron chi connectivity index (χ1n) is 26.0. The summed E-state index contributed by atoms with van der Waals surface area (Å²) in [6, 6.07) is 17.8. The number of carbonyl (C=O) groups excluding carboxylic acids is 5. The van der Waals surface area contributed by atoms with Crippen molar-refractivity contribution in [1.29, 1.82) is 0 Å². The molecule has 2 aliphatic carbocycles. The number of unbranched alkanes of at least 4 members (excludes halogenated alkanes) is 6. The van der Waals surface area contributed by atoms with Gasteiger partial charge in [0.15, 0.2) is 0 Å². The average Bonchev–Trinajstić information content (AvgIpc) is 3.42. The predicted octanol–water partition coefficient (Wildman–Crippen LogP) is 10.8. The summed E-state index contributed by atoms with van der Waals surface area (Å²) in [5.74, 6) is -0.348. The van der Waals surface area contributed by atoms with Gasteiger partial charge in [-0.25, -0.2) is 19.4 Å². The lowest BCUT2D eigenvalue weighted by atomic mass is 9.87. The minimum atomic E-state index is -0.507. The van der Waals surface area contributed by atoms with Crippen LogP contribution < -0.4 is 18.9 Å². The van der Waals surface area contributed by atoms with Crippen LogP contribution in [0.25, 0.3) is 21.7 Å². The highest BCUT2D eigenvalue weighted by Crippen LogP contribution is 2.38. The number of fused-ring (bicyclic) bond motifs is 3. The first kappa shape index (κ1) is 56.7. The molecule has 2 fully saturated rings. The lowest BCUT2D eigenvalue weighted by Gasteiger charge is -2.27. The standard InChI is InChI=1S/C58H71NO15/c1-4-53(60)69-33-13-9-7-11-31-66-43-19-15-41(16-20-43)57(63)73-47-27-29-49-50-30-28-48(74-58(64)42-17-21-44(22-18-42)67-32-12-8-10-14-34-70-54(61)5-2)40-52(50)59-56(51(49)39-47)72-46-25-23-45(24-26-46)68-37-35-65-36-38-71-55(62)6-3/h4-6,23-30,39-44H,1-3,7-22,31-38H2. The topological polar surface area (TPSA) is 191 Å². The Labute approximate surface area is 433 Å². The maximum atomic E-state index is 13.6. The van der Waals surface area contributed by atoms with E-state index in [0.717, 1.165) is 93.9 Å². The number of esters is 5. The zero-order chi connectivity index (χ0) is 52.3. The van der Waals surface area contributed by atoms with Gasteiger partial charge in [-0.1, -0.05) is 32.6 Å². The van der Waals surface area contributed by atoms with Crippen LogP contribution in [-0.4, -0.2) is 99.9 Å². The normalized spacial score (nSPS) is 17.4. The van der Waals surface area contributed by atoms with Gasteiger partial charge in [-0.2, -0.15) is 0 Å². The van der Waals surface area contributed by atoms with Crippen molar-refractivity contribution in [2.45, 2.75) is 115 Å². The van der Waals surface area contributed by atoms with Crippen molar-refractivity contribution in [3.63, 3.8) is 0 Å². The molecule has 398 valence electrons. The van der Waals surface area contributed by atoms with Crippen molar-refractivity contribution < 1.29 is 71.3 Å². The summed E-state index contributed by atoms with van der Waals surface area (Å²) in [6.07, 6.45) is 16.7. The second-order valence-corrected chi connectivity index (χ2v) is 18.3. The van der Waals surface area contributed by atoms with Crippen molar-refractivity contribution in [1.82, 2.24) is 4.98 Å². The number of hydrogen-bond donors (Lipinski definition) is 0.